The number of ketones is 1. The van der Waals surface area contributed by atoms with Gasteiger partial charge in [-0.1, -0.05) is 25.1 Å². The Labute approximate surface area is 118 Å². The lowest BCUT2D eigenvalue weighted by atomic mass is 9.94. The van der Waals surface area contributed by atoms with Crippen LogP contribution in [0.25, 0.3) is 0 Å². The molecule has 1 saturated heterocycles. The largest absolute Gasteiger partial charge is 0.341 e. The third kappa shape index (κ3) is 3.83. The van der Waals surface area contributed by atoms with E-state index in [2.05, 4.69) is 0 Å². The van der Waals surface area contributed by atoms with E-state index in [1.807, 2.05) is 42.2 Å². The van der Waals surface area contributed by atoms with Gasteiger partial charge in [0, 0.05) is 30.3 Å². The summed E-state index contributed by atoms with van der Waals surface area (Å²) in [6.07, 6.45) is 1.34. The van der Waals surface area contributed by atoms with Crippen molar-refractivity contribution < 1.29 is 9.59 Å². The number of Topliss-reactive ketones (excluding diaryl/α,β-unsaturated/α-hetero) is 1. The number of nitrogens with zero attached hydrogens (tertiary/aromatic N) is 1. The SMILES string of the molecule is CCC1CN(C(=O)CSc2ccccc2)CCC1=O. The van der Waals surface area contributed by atoms with Crippen molar-refractivity contribution >= 4 is 23.5 Å². The average molecular weight is 277 g/mol. The maximum absolute atomic E-state index is 12.1. The monoisotopic (exact) mass is 277 g/mol. The first kappa shape index (κ1) is 14.1. The Balaban J connectivity index is 1.85. The van der Waals surface area contributed by atoms with Gasteiger partial charge in [-0.2, -0.15) is 0 Å². The summed E-state index contributed by atoms with van der Waals surface area (Å²) in [4.78, 5) is 26.7. The fourth-order valence-electron chi connectivity index (χ4n) is 2.24. The molecule has 0 saturated carbocycles. The van der Waals surface area contributed by atoms with E-state index in [0.717, 1.165) is 11.3 Å². The molecule has 1 aliphatic rings. The molecule has 0 aliphatic carbocycles. The van der Waals surface area contributed by atoms with Gasteiger partial charge in [0.25, 0.3) is 0 Å². The third-order valence-electron chi connectivity index (χ3n) is 3.48. The standard InChI is InChI=1S/C15H19NO2S/c1-2-12-10-16(9-8-14(12)17)15(18)11-19-13-6-4-3-5-7-13/h3-7,12H,2,8-11H2,1H3. The van der Waals surface area contributed by atoms with Crippen LogP contribution >= 0.6 is 11.8 Å². The zero-order chi connectivity index (χ0) is 13.7. The summed E-state index contributed by atoms with van der Waals surface area (Å²) >= 11 is 1.56. The minimum absolute atomic E-state index is 0.0411. The smallest absolute Gasteiger partial charge is 0.232 e. The van der Waals surface area contributed by atoms with E-state index in [-0.39, 0.29) is 11.8 Å². The van der Waals surface area contributed by atoms with Crippen LogP contribution in [-0.4, -0.2) is 35.4 Å². The van der Waals surface area contributed by atoms with Gasteiger partial charge in [-0.05, 0) is 18.6 Å². The predicted octanol–water partition coefficient (Wildman–Crippen LogP) is 2.61. The van der Waals surface area contributed by atoms with Crippen LogP contribution in [0, 0.1) is 5.92 Å². The zero-order valence-corrected chi connectivity index (χ0v) is 12.0. The highest BCUT2D eigenvalue weighted by Gasteiger charge is 2.28. The van der Waals surface area contributed by atoms with Gasteiger partial charge in [0.05, 0.1) is 5.75 Å². The molecule has 1 atom stereocenters. The number of likely N-dealkylation sites (tertiary alicyclic amines) is 1. The van der Waals surface area contributed by atoms with Gasteiger partial charge in [-0.3, -0.25) is 9.59 Å². The Hall–Kier alpha value is -1.29. The molecule has 0 N–H and O–H groups in total. The minimum Gasteiger partial charge on any atom is -0.341 e. The zero-order valence-electron chi connectivity index (χ0n) is 11.2. The Kier molecular flexibility index (Phi) is 5.02. The molecular formula is C15H19NO2S. The quantitative estimate of drug-likeness (QED) is 0.794. The van der Waals surface area contributed by atoms with Crippen LogP contribution in [-0.2, 0) is 9.59 Å². The van der Waals surface area contributed by atoms with Crippen molar-refractivity contribution in [2.75, 3.05) is 18.8 Å². The number of piperidine rings is 1. The molecule has 1 heterocycles. The van der Waals surface area contributed by atoms with E-state index in [1.54, 1.807) is 11.8 Å². The molecule has 1 unspecified atom stereocenters. The molecule has 1 aromatic rings. The van der Waals surface area contributed by atoms with E-state index in [1.165, 1.54) is 0 Å². The van der Waals surface area contributed by atoms with E-state index in [4.69, 9.17) is 0 Å². The molecule has 1 amide bonds. The first-order valence-corrected chi connectivity index (χ1v) is 7.67. The summed E-state index contributed by atoms with van der Waals surface area (Å²) in [5, 5.41) is 0. The molecule has 1 aliphatic heterocycles. The minimum atomic E-state index is 0.0411. The van der Waals surface area contributed by atoms with Crippen molar-refractivity contribution in [3.63, 3.8) is 0 Å². The number of hydrogen-bond donors (Lipinski definition) is 0. The number of amides is 1. The lowest BCUT2D eigenvalue weighted by Crippen LogP contribution is -2.44. The summed E-state index contributed by atoms with van der Waals surface area (Å²) in [5.74, 6) is 0.941. The molecule has 1 fully saturated rings. The molecule has 4 heteroatoms. The summed E-state index contributed by atoms with van der Waals surface area (Å²) in [6, 6.07) is 9.92. The van der Waals surface area contributed by atoms with Crippen molar-refractivity contribution in [2.24, 2.45) is 5.92 Å². The van der Waals surface area contributed by atoms with Crippen LogP contribution in [0.3, 0.4) is 0 Å². The van der Waals surface area contributed by atoms with Crippen LogP contribution in [0.2, 0.25) is 0 Å². The number of benzene rings is 1. The van der Waals surface area contributed by atoms with Crippen LogP contribution in [0.1, 0.15) is 19.8 Å². The molecule has 0 radical (unpaired) electrons. The van der Waals surface area contributed by atoms with Crippen LogP contribution in [0.15, 0.2) is 35.2 Å². The van der Waals surface area contributed by atoms with Gasteiger partial charge in [-0.15, -0.1) is 11.8 Å². The Bertz CT molecular complexity index is 447. The highest BCUT2D eigenvalue weighted by molar-refractivity contribution is 8.00. The number of rotatable bonds is 4. The molecule has 0 aromatic heterocycles. The first-order chi connectivity index (χ1) is 9.20. The van der Waals surface area contributed by atoms with Crippen molar-refractivity contribution in [1.82, 2.24) is 4.90 Å². The molecule has 0 spiro atoms. The topological polar surface area (TPSA) is 37.4 Å². The fraction of sp³-hybridized carbons (Fsp3) is 0.467. The van der Waals surface area contributed by atoms with Crippen LogP contribution < -0.4 is 0 Å². The molecular weight excluding hydrogens is 258 g/mol. The lowest BCUT2D eigenvalue weighted by molar-refractivity contribution is -0.135. The van der Waals surface area contributed by atoms with Crippen molar-refractivity contribution in [2.45, 2.75) is 24.7 Å². The lowest BCUT2D eigenvalue weighted by Gasteiger charge is -2.31. The number of thioether (sulfide) groups is 1. The average Bonchev–Trinajstić information content (AvgIpc) is 2.46. The number of hydrogen-bond acceptors (Lipinski definition) is 3. The summed E-state index contributed by atoms with van der Waals surface area (Å²) in [6.45, 7) is 3.20. The van der Waals surface area contributed by atoms with Crippen LogP contribution in [0.4, 0.5) is 0 Å². The highest BCUT2D eigenvalue weighted by Crippen LogP contribution is 2.20. The molecule has 102 valence electrons. The van der Waals surface area contributed by atoms with Crippen molar-refractivity contribution in [3.8, 4) is 0 Å². The van der Waals surface area contributed by atoms with Gasteiger partial charge < -0.3 is 4.90 Å². The van der Waals surface area contributed by atoms with E-state index < -0.39 is 0 Å². The summed E-state index contributed by atoms with van der Waals surface area (Å²) in [7, 11) is 0. The van der Waals surface area contributed by atoms with Gasteiger partial charge >= 0.3 is 0 Å². The van der Waals surface area contributed by atoms with Crippen LogP contribution in [0.5, 0.6) is 0 Å². The van der Waals surface area contributed by atoms with Gasteiger partial charge in [0.15, 0.2) is 0 Å². The first-order valence-electron chi connectivity index (χ1n) is 6.69. The molecule has 0 bridgehead atoms. The van der Waals surface area contributed by atoms with Crippen molar-refractivity contribution in [1.29, 1.82) is 0 Å². The molecule has 2 rings (SSSR count). The Morgan fingerprint density at radius 3 is 2.79 bits per heavy atom. The maximum Gasteiger partial charge on any atom is 0.232 e. The van der Waals surface area contributed by atoms with Crippen molar-refractivity contribution in [3.05, 3.63) is 30.3 Å². The third-order valence-corrected chi connectivity index (χ3v) is 4.47. The van der Waals surface area contributed by atoms with Gasteiger partial charge in [-0.25, -0.2) is 0 Å². The van der Waals surface area contributed by atoms with E-state index in [0.29, 0.717) is 31.0 Å². The second-order valence-electron chi connectivity index (χ2n) is 4.76. The second-order valence-corrected chi connectivity index (χ2v) is 5.81. The summed E-state index contributed by atoms with van der Waals surface area (Å²) < 4.78 is 0. The van der Waals surface area contributed by atoms with Gasteiger partial charge in [0.1, 0.15) is 5.78 Å². The Morgan fingerprint density at radius 2 is 2.11 bits per heavy atom. The normalized spacial score (nSPS) is 19.5. The molecule has 19 heavy (non-hydrogen) atoms. The maximum atomic E-state index is 12.1. The number of carbonyl (C=O) groups is 2. The number of carbonyl (C=O) groups excluding carboxylic acids is 2. The molecule has 1 aromatic carbocycles. The molecule has 3 nitrogen and oxygen atoms in total. The summed E-state index contributed by atoms with van der Waals surface area (Å²) in [5.41, 5.74) is 0. The van der Waals surface area contributed by atoms with E-state index >= 15 is 0 Å². The fourth-order valence-corrected chi connectivity index (χ4v) is 3.07. The highest BCUT2D eigenvalue weighted by atomic mass is 32.2. The predicted molar refractivity (Wildman–Crippen MR) is 77.2 cm³/mol. The Morgan fingerprint density at radius 1 is 1.37 bits per heavy atom. The van der Waals surface area contributed by atoms with Gasteiger partial charge in [0.2, 0.25) is 5.91 Å². The van der Waals surface area contributed by atoms with E-state index in [9.17, 15) is 9.59 Å². The second kappa shape index (κ2) is 6.75.